The molecule has 0 bridgehead atoms. The molecule has 0 radical (unpaired) electrons. The summed E-state index contributed by atoms with van der Waals surface area (Å²) in [5, 5.41) is 0. The largest absolute Gasteiger partial charge is 0.383 e. The number of methoxy groups -OCH3 is 1. The van der Waals surface area contributed by atoms with Crippen molar-refractivity contribution >= 4 is 5.91 Å². The number of nitrogens with zero attached hydrogens (tertiary/aromatic N) is 1. The lowest BCUT2D eigenvalue weighted by Crippen LogP contribution is -2.36. The Morgan fingerprint density at radius 3 is 2.61 bits per heavy atom. The van der Waals surface area contributed by atoms with E-state index >= 15 is 0 Å². The maximum Gasteiger partial charge on any atom is 0.222 e. The average Bonchev–Trinajstić information content (AvgIpc) is 2.40. The molecule has 1 saturated carbocycles. The molecule has 0 aromatic rings. The van der Waals surface area contributed by atoms with Gasteiger partial charge in [0.25, 0.3) is 0 Å². The highest BCUT2D eigenvalue weighted by atomic mass is 16.5. The minimum absolute atomic E-state index is 0.285. The van der Waals surface area contributed by atoms with Crippen LogP contribution < -0.4 is 5.73 Å². The smallest absolute Gasteiger partial charge is 0.222 e. The molecule has 106 valence electrons. The lowest BCUT2D eigenvalue weighted by molar-refractivity contribution is -0.133. The Balaban J connectivity index is 2.35. The van der Waals surface area contributed by atoms with Crippen molar-refractivity contribution in [1.82, 2.24) is 4.90 Å². The minimum Gasteiger partial charge on any atom is -0.383 e. The van der Waals surface area contributed by atoms with Crippen LogP contribution in [0.1, 0.15) is 44.9 Å². The van der Waals surface area contributed by atoms with Crippen molar-refractivity contribution in [2.45, 2.75) is 44.9 Å². The van der Waals surface area contributed by atoms with Crippen LogP contribution in [0.5, 0.6) is 0 Å². The van der Waals surface area contributed by atoms with Crippen molar-refractivity contribution in [3.8, 4) is 0 Å². The molecule has 4 nitrogen and oxygen atoms in total. The SMILES string of the molecule is COCCN(CCCN)C(=O)CC1CCCCC1. The van der Waals surface area contributed by atoms with Gasteiger partial charge in [0, 0.05) is 26.6 Å². The molecule has 1 aliphatic rings. The van der Waals surface area contributed by atoms with Gasteiger partial charge in [-0.1, -0.05) is 19.3 Å². The molecule has 1 fully saturated rings. The number of carbonyl (C=O) groups is 1. The summed E-state index contributed by atoms with van der Waals surface area (Å²) in [4.78, 5) is 14.2. The lowest BCUT2D eigenvalue weighted by atomic mass is 9.86. The van der Waals surface area contributed by atoms with Gasteiger partial charge in [-0.2, -0.15) is 0 Å². The third kappa shape index (κ3) is 5.83. The van der Waals surface area contributed by atoms with Gasteiger partial charge in [-0.15, -0.1) is 0 Å². The Morgan fingerprint density at radius 1 is 1.28 bits per heavy atom. The molecule has 0 saturated heterocycles. The Kier molecular flexibility index (Phi) is 8.01. The molecule has 2 N–H and O–H groups in total. The van der Waals surface area contributed by atoms with E-state index in [0.29, 0.717) is 32.0 Å². The monoisotopic (exact) mass is 256 g/mol. The van der Waals surface area contributed by atoms with Crippen LogP contribution in [0, 0.1) is 5.92 Å². The minimum atomic E-state index is 0.285. The summed E-state index contributed by atoms with van der Waals surface area (Å²) in [6.07, 6.45) is 7.96. The van der Waals surface area contributed by atoms with Gasteiger partial charge >= 0.3 is 0 Å². The van der Waals surface area contributed by atoms with E-state index in [1.54, 1.807) is 7.11 Å². The van der Waals surface area contributed by atoms with Gasteiger partial charge in [0.1, 0.15) is 0 Å². The van der Waals surface area contributed by atoms with E-state index in [9.17, 15) is 4.79 Å². The molecule has 0 atom stereocenters. The van der Waals surface area contributed by atoms with Gasteiger partial charge in [-0.05, 0) is 31.7 Å². The van der Waals surface area contributed by atoms with Crippen molar-refractivity contribution in [2.24, 2.45) is 11.7 Å². The van der Waals surface area contributed by atoms with Gasteiger partial charge in [0.15, 0.2) is 0 Å². The zero-order chi connectivity index (χ0) is 13.2. The Hall–Kier alpha value is -0.610. The molecule has 0 unspecified atom stereocenters. The summed E-state index contributed by atoms with van der Waals surface area (Å²) in [7, 11) is 1.67. The van der Waals surface area contributed by atoms with Crippen LogP contribution >= 0.6 is 0 Å². The highest BCUT2D eigenvalue weighted by Gasteiger charge is 2.20. The summed E-state index contributed by atoms with van der Waals surface area (Å²) in [5.74, 6) is 0.890. The molecule has 0 aliphatic heterocycles. The van der Waals surface area contributed by atoms with Crippen LogP contribution in [-0.4, -0.2) is 44.2 Å². The third-order valence-electron chi connectivity index (χ3n) is 3.74. The van der Waals surface area contributed by atoms with Crippen LogP contribution in [-0.2, 0) is 9.53 Å². The van der Waals surface area contributed by atoms with E-state index in [-0.39, 0.29) is 5.91 Å². The molecule has 0 heterocycles. The second kappa shape index (κ2) is 9.34. The maximum atomic E-state index is 12.3. The first-order chi connectivity index (χ1) is 8.77. The van der Waals surface area contributed by atoms with Crippen LogP contribution in [0.15, 0.2) is 0 Å². The number of rotatable bonds is 8. The highest BCUT2D eigenvalue weighted by Crippen LogP contribution is 2.26. The summed E-state index contributed by atoms with van der Waals surface area (Å²) >= 11 is 0. The quantitative estimate of drug-likeness (QED) is 0.720. The van der Waals surface area contributed by atoms with Gasteiger partial charge < -0.3 is 15.4 Å². The van der Waals surface area contributed by atoms with E-state index in [0.717, 1.165) is 13.0 Å². The molecule has 0 aromatic carbocycles. The maximum absolute atomic E-state index is 12.3. The highest BCUT2D eigenvalue weighted by molar-refractivity contribution is 5.76. The first kappa shape index (κ1) is 15.4. The average molecular weight is 256 g/mol. The zero-order valence-corrected chi connectivity index (χ0v) is 11.7. The third-order valence-corrected chi connectivity index (χ3v) is 3.74. The number of nitrogens with two attached hydrogens (primary N) is 1. The standard InChI is InChI=1S/C14H28N2O2/c1-18-11-10-16(9-5-8-15)14(17)12-13-6-3-2-4-7-13/h13H,2-12,15H2,1H3. The van der Waals surface area contributed by atoms with Crippen molar-refractivity contribution < 1.29 is 9.53 Å². The molecule has 0 aromatic heterocycles. The van der Waals surface area contributed by atoms with Crippen molar-refractivity contribution in [1.29, 1.82) is 0 Å². The van der Waals surface area contributed by atoms with E-state index in [1.807, 2.05) is 4.90 Å². The Labute approximate surface area is 111 Å². The fourth-order valence-electron chi connectivity index (χ4n) is 2.61. The number of ether oxygens (including phenoxy) is 1. The number of amides is 1. The second-order valence-electron chi connectivity index (χ2n) is 5.22. The van der Waals surface area contributed by atoms with Gasteiger partial charge in [-0.25, -0.2) is 0 Å². The summed E-state index contributed by atoms with van der Waals surface area (Å²) in [6.45, 7) is 2.72. The van der Waals surface area contributed by atoms with Crippen molar-refractivity contribution in [2.75, 3.05) is 33.4 Å². The number of hydrogen-bond acceptors (Lipinski definition) is 3. The fraction of sp³-hybridized carbons (Fsp3) is 0.929. The van der Waals surface area contributed by atoms with Gasteiger partial charge in [0.05, 0.1) is 6.61 Å². The second-order valence-corrected chi connectivity index (χ2v) is 5.22. The van der Waals surface area contributed by atoms with Gasteiger partial charge in [0.2, 0.25) is 5.91 Å². The summed E-state index contributed by atoms with van der Waals surface area (Å²) in [6, 6.07) is 0. The fourth-order valence-corrected chi connectivity index (χ4v) is 2.61. The topological polar surface area (TPSA) is 55.6 Å². The summed E-state index contributed by atoms with van der Waals surface area (Å²) < 4.78 is 5.07. The molecule has 18 heavy (non-hydrogen) atoms. The van der Waals surface area contributed by atoms with Crippen molar-refractivity contribution in [3.63, 3.8) is 0 Å². The van der Waals surface area contributed by atoms with E-state index < -0.39 is 0 Å². The van der Waals surface area contributed by atoms with E-state index in [1.165, 1.54) is 32.1 Å². The first-order valence-electron chi connectivity index (χ1n) is 7.24. The molecular weight excluding hydrogens is 228 g/mol. The van der Waals surface area contributed by atoms with Crippen LogP contribution in [0.3, 0.4) is 0 Å². The van der Waals surface area contributed by atoms with E-state index in [4.69, 9.17) is 10.5 Å². The normalized spacial score (nSPS) is 16.8. The Bertz CT molecular complexity index is 220. The van der Waals surface area contributed by atoms with Crippen LogP contribution in [0.4, 0.5) is 0 Å². The molecule has 0 spiro atoms. The Morgan fingerprint density at radius 2 is 2.00 bits per heavy atom. The molecular formula is C14H28N2O2. The summed E-state index contributed by atoms with van der Waals surface area (Å²) in [5.41, 5.74) is 5.52. The molecule has 1 amide bonds. The number of carbonyl (C=O) groups excluding carboxylic acids is 1. The number of hydrogen-bond donors (Lipinski definition) is 1. The molecule has 1 aliphatic carbocycles. The van der Waals surface area contributed by atoms with Gasteiger partial charge in [-0.3, -0.25) is 4.79 Å². The van der Waals surface area contributed by atoms with Crippen LogP contribution in [0.25, 0.3) is 0 Å². The zero-order valence-electron chi connectivity index (χ0n) is 11.7. The predicted octanol–water partition coefficient (Wildman–Crippen LogP) is 1.78. The first-order valence-corrected chi connectivity index (χ1v) is 7.24. The lowest BCUT2D eigenvalue weighted by Gasteiger charge is -2.26. The van der Waals surface area contributed by atoms with Crippen molar-refractivity contribution in [3.05, 3.63) is 0 Å². The predicted molar refractivity (Wildman–Crippen MR) is 73.3 cm³/mol. The van der Waals surface area contributed by atoms with Crippen LogP contribution in [0.2, 0.25) is 0 Å². The molecule has 4 heteroatoms. The van der Waals surface area contributed by atoms with E-state index in [2.05, 4.69) is 0 Å². The molecule has 1 rings (SSSR count).